The number of hydrogen-bond donors (Lipinski definition) is 1. The van der Waals surface area contributed by atoms with Crippen LogP contribution in [0.5, 0.6) is 0 Å². The van der Waals surface area contributed by atoms with E-state index in [9.17, 15) is 8.42 Å². The molecule has 0 aliphatic carbocycles. The van der Waals surface area contributed by atoms with Crippen LogP contribution in [0.1, 0.15) is 26.3 Å². The Morgan fingerprint density at radius 2 is 1.85 bits per heavy atom. The molecule has 0 atom stereocenters. The van der Waals surface area contributed by atoms with Crippen molar-refractivity contribution in [2.45, 2.75) is 31.1 Å². The number of pyridine rings is 1. The Morgan fingerprint density at radius 3 is 2.42 bits per heavy atom. The van der Waals surface area contributed by atoms with E-state index < -0.39 is 10.0 Å². The molecule has 2 aromatic heterocycles. The summed E-state index contributed by atoms with van der Waals surface area (Å²) in [6.07, 6.45) is 4.69. The van der Waals surface area contributed by atoms with Gasteiger partial charge in [-0.25, -0.2) is 18.1 Å². The quantitative estimate of drug-likeness (QED) is 0.729. The van der Waals surface area contributed by atoms with Gasteiger partial charge in [0.2, 0.25) is 0 Å². The van der Waals surface area contributed by atoms with Crippen molar-refractivity contribution in [1.82, 2.24) is 14.8 Å². The molecular formula is C18H19ClN4O2S. The van der Waals surface area contributed by atoms with Gasteiger partial charge in [0.05, 0.1) is 15.6 Å². The number of nitrogens with one attached hydrogen (secondary N) is 1. The largest absolute Gasteiger partial charge is 0.276 e. The van der Waals surface area contributed by atoms with E-state index in [1.54, 1.807) is 30.6 Å². The fraction of sp³-hybridized carbons (Fsp3) is 0.222. The van der Waals surface area contributed by atoms with Crippen LogP contribution in [0.25, 0.3) is 5.82 Å². The van der Waals surface area contributed by atoms with Gasteiger partial charge >= 0.3 is 0 Å². The first-order valence-electron chi connectivity index (χ1n) is 7.96. The van der Waals surface area contributed by atoms with Crippen molar-refractivity contribution in [2.75, 3.05) is 4.72 Å². The molecule has 3 aromatic rings. The summed E-state index contributed by atoms with van der Waals surface area (Å²) in [6.45, 7) is 6.22. The van der Waals surface area contributed by atoms with Gasteiger partial charge in [-0.2, -0.15) is 5.10 Å². The lowest BCUT2D eigenvalue weighted by Gasteiger charge is -2.19. The summed E-state index contributed by atoms with van der Waals surface area (Å²) >= 11 is 6.00. The van der Waals surface area contributed by atoms with Crippen molar-refractivity contribution in [3.8, 4) is 5.82 Å². The molecule has 26 heavy (non-hydrogen) atoms. The third-order valence-electron chi connectivity index (χ3n) is 3.83. The minimum Gasteiger partial charge on any atom is -0.276 e. The molecule has 2 heterocycles. The Morgan fingerprint density at radius 1 is 1.15 bits per heavy atom. The average Bonchev–Trinajstić information content (AvgIpc) is 3.08. The Labute approximate surface area is 157 Å². The molecule has 0 radical (unpaired) electrons. The van der Waals surface area contributed by atoms with E-state index in [1.807, 2.05) is 12.1 Å². The maximum Gasteiger partial charge on any atom is 0.262 e. The normalized spacial score (nSPS) is 12.2. The Bertz CT molecular complexity index is 1010. The molecule has 136 valence electrons. The van der Waals surface area contributed by atoms with Gasteiger partial charge in [-0.15, -0.1) is 0 Å². The molecule has 0 saturated heterocycles. The number of anilines is 1. The standard InChI is InChI=1S/C18H19ClN4O2S/c1-18(2,3)13-5-7-15(8-6-13)26(24,25)22-16-11-14(19)12-20-17(16)23-10-4-9-21-23/h4-12,22H,1-3H3. The van der Waals surface area contributed by atoms with E-state index in [0.717, 1.165) is 5.56 Å². The zero-order valence-corrected chi connectivity index (χ0v) is 16.2. The van der Waals surface area contributed by atoms with Crippen molar-refractivity contribution >= 4 is 27.3 Å². The topological polar surface area (TPSA) is 76.9 Å². The van der Waals surface area contributed by atoms with Crippen LogP contribution in [-0.2, 0) is 15.4 Å². The summed E-state index contributed by atoms with van der Waals surface area (Å²) in [7, 11) is -3.80. The van der Waals surface area contributed by atoms with E-state index in [2.05, 4.69) is 35.6 Å². The third kappa shape index (κ3) is 3.89. The van der Waals surface area contributed by atoms with Crippen LogP contribution in [0.4, 0.5) is 5.69 Å². The van der Waals surface area contributed by atoms with E-state index in [4.69, 9.17) is 11.6 Å². The van der Waals surface area contributed by atoms with Crippen LogP contribution >= 0.6 is 11.6 Å². The average molecular weight is 391 g/mol. The minimum atomic E-state index is -3.80. The van der Waals surface area contributed by atoms with Crippen LogP contribution in [0.3, 0.4) is 0 Å². The maximum atomic E-state index is 12.8. The SMILES string of the molecule is CC(C)(C)c1ccc(S(=O)(=O)Nc2cc(Cl)cnc2-n2cccn2)cc1. The molecule has 0 amide bonds. The van der Waals surface area contributed by atoms with Crippen LogP contribution < -0.4 is 4.72 Å². The predicted molar refractivity (Wildman–Crippen MR) is 102 cm³/mol. The summed E-state index contributed by atoms with van der Waals surface area (Å²) in [5, 5.41) is 4.42. The van der Waals surface area contributed by atoms with Crippen LogP contribution in [-0.4, -0.2) is 23.2 Å². The van der Waals surface area contributed by atoms with E-state index in [1.165, 1.54) is 16.9 Å². The number of nitrogens with zero attached hydrogens (tertiary/aromatic N) is 3. The highest BCUT2D eigenvalue weighted by Gasteiger charge is 2.20. The van der Waals surface area contributed by atoms with Crippen molar-refractivity contribution in [3.05, 3.63) is 65.6 Å². The first-order valence-corrected chi connectivity index (χ1v) is 9.82. The lowest BCUT2D eigenvalue weighted by Crippen LogP contribution is -2.16. The molecule has 1 aromatic carbocycles. The van der Waals surface area contributed by atoms with Gasteiger partial charge in [0.1, 0.15) is 0 Å². The molecule has 6 nitrogen and oxygen atoms in total. The Hall–Kier alpha value is -2.38. The molecule has 0 unspecified atom stereocenters. The van der Waals surface area contributed by atoms with Crippen molar-refractivity contribution in [1.29, 1.82) is 0 Å². The number of hydrogen-bond acceptors (Lipinski definition) is 4. The molecule has 0 spiro atoms. The van der Waals surface area contributed by atoms with Crippen molar-refractivity contribution in [3.63, 3.8) is 0 Å². The first kappa shape index (κ1) is 18.4. The molecular weight excluding hydrogens is 372 g/mol. The van der Waals surface area contributed by atoms with Gasteiger partial charge in [-0.3, -0.25) is 4.72 Å². The number of halogens is 1. The highest BCUT2D eigenvalue weighted by atomic mass is 35.5. The van der Waals surface area contributed by atoms with E-state index in [0.29, 0.717) is 10.8 Å². The molecule has 0 aliphatic heterocycles. The summed E-state index contributed by atoms with van der Waals surface area (Å²) in [6, 6.07) is 10.0. The molecule has 3 rings (SSSR count). The molecule has 1 N–H and O–H groups in total. The lowest BCUT2D eigenvalue weighted by molar-refractivity contribution is 0.587. The highest BCUT2D eigenvalue weighted by Crippen LogP contribution is 2.27. The van der Waals surface area contributed by atoms with Crippen molar-refractivity contribution in [2.24, 2.45) is 0 Å². The van der Waals surface area contributed by atoms with Crippen molar-refractivity contribution < 1.29 is 8.42 Å². The van der Waals surface area contributed by atoms with Gasteiger partial charge in [-0.05, 0) is 35.2 Å². The summed E-state index contributed by atoms with van der Waals surface area (Å²) in [5.41, 5.74) is 1.25. The smallest absolute Gasteiger partial charge is 0.262 e. The Balaban J connectivity index is 1.97. The monoisotopic (exact) mass is 390 g/mol. The summed E-state index contributed by atoms with van der Waals surface area (Å²) in [5.74, 6) is 0.342. The fourth-order valence-corrected chi connectivity index (χ4v) is 3.63. The second-order valence-corrected chi connectivity index (χ2v) is 8.97. The summed E-state index contributed by atoms with van der Waals surface area (Å²) < 4.78 is 29.6. The number of rotatable bonds is 4. The van der Waals surface area contributed by atoms with Crippen LogP contribution in [0, 0.1) is 0 Å². The van der Waals surface area contributed by atoms with Crippen LogP contribution in [0.15, 0.2) is 59.9 Å². The number of aromatic nitrogens is 3. The Kier molecular flexibility index (Phi) is 4.77. The van der Waals surface area contributed by atoms with E-state index in [-0.39, 0.29) is 16.0 Å². The van der Waals surface area contributed by atoms with Gasteiger partial charge < -0.3 is 0 Å². The highest BCUT2D eigenvalue weighted by molar-refractivity contribution is 7.92. The molecule has 0 bridgehead atoms. The summed E-state index contributed by atoms with van der Waals surface area (Å²) in [4.78, 5) is 4.35. The number of sulfonamides is 1. The third-order valence-corrected chi connectivity index (χ3v) is 5.42. The minimum absolute atomic E-state index is 0.0557. The molecule has 0 fully saturated rings. The zero-order valence-electron chi connectivity index (χ0n) is 14.6. The molecule has 0 aliphatic rings. The maximum absolute atomic E-state index is 12.8. The number of benzene rings is 1. The van der Waals surface area contributed by atoms with Gasteiger partial charge in [0.25, 0.3) is 10.0 Å². The predicted octanol–water partition coefficient (Wildman–Crippen LogP) is 4.02. The molecule has 8 heteroatoms. The van der Waals surface area contributed by atoms with E-state index >= 15 is 0 Å². The second-order valence-electron chi connectivity index (χ2n) is 6.86. The van der Waals surface area contributed by atoms with Gasteiger partial charge in [0.15, 0.2) is 5.82 Å². The molecule has 0 saturated carbocycles. The zero-order chi connectivity index (χ0) is 18.9. The second kappa shape index (κ2) is 6.74. The fourth-order valence-electron chi connectivity index (χ4n) is 2.42. The lowest BCUT2D eigenvalue weighted by atomic mass is 9.87. The van der Waals surface area contributed by atoms with Crippen LogP contribution in [0.2, 0.25) is 5.02 Å². The van der Waals surface area contributed by atoms with Gasteiger partial charge in [0, 0.05) is 18.6 Å². The first-order chi connectivity index (χ1) is 12.2. The van der Waals surface area contributed by atoms with Gasteiger partial charge in [-0.1, -0.05) is 44.5 Å².